The Morgan fingerprint density at radius 2 is 2.07 bits per heavy atom. The maximum absolute atomic E-state index is 12.7. The van der Waals surface area contributed by atoms with Crippen molar-refractivity contribution >= 4 is 29.1 Å². The van der Waals surface area contributed by atoms with E-state index in [9.17, 15) is 9.59 Å². The van der Waals surface area contributed by atoms with E-state index >= 15 is 0 Å². The molecule has 0 saturated heterocycles. The summed E-state index contributed by atoms with van der Waals surface area (Å²) in [6.45, 7) is 1.58. The minimum Gasteiger partial charge on any atom is -0.497 e. The van der Waals surface area contributed by atoms with Gasteiger partial charge in [0.1, 0.15) is 23.9 Å². The van der Waals surface area contributed by atoms with Gasteiger partial charge in [0.2, 0.25) is 5.91 Å². The second-order valence-corrected chi connectivity index (χ2v) is 6.11. The van der Waals surface area contributed by atoms with E-state index in [1.54, 1.807) is 30.3 Å². The van der Waals surface area contributed by atoms with Crippen LogP contribution in [0.4, 0.5) is 17.3 Å². The lowest BCUT2D eigenvalue weighted by molar-refractivity contribution is -0.128. The van der Waals surface area contributed by atoms with Gasteiger partial charge in [0, 0.05) is 6.07 Å². The lowest BCUT2D eigenvalue weighted by Crippen LogP contribution is -2.49. The Labute approximate surface area is 162 Å². The molecule has 2 heterocycles. The third kappa shape index (κ3) is 3.78. The molecule has 1 aromatic heterocycles. The largest absolute Gasteiger partial charge is 0.497 e. The predicted molar refractivity (Wildman–Crippen MR) is 104 cm³/mol. The first-order chi connectivity index (χ1) is 13.5. The molecule has 0 spiro atoms. The van der Waals surface area contributed by atoms with Crippen LogP contribution in [0.1, 0.15) is 13.3 Å². The molecule has 0 radical (unpaired) electrons. The average Bonchev–Trinajstić information content (AvgIpc) is 2.70. The van der Waals surface area contributed by atoms with E-state index in [0.717, 1.165) is 0 Å². The highest BCUT2D eigenvalue weighted by Crippen LogP contribution is 2.34. The molecule has 1 aromatic carbocycles. The first kappa shape index (κ1) is 19.3. The molecule has 148 valence electrons. The number of carbonyl (C=O) groups excluding carboxylic acids is 2. The Bertz CT molecular complexity index is 902. The molecule has 2 aromatic rings. The van der Waals surface area contributed by atoms with E-state index in [0.29, 0.717) is 29.4 Å². The molecule has 1 aliphatic heterocycles. The second kappa shape index (κ2) is 8.03. The van der Waals surface area contributed by atoms with Gasteiger partial charge in [-0.2, -0.15) is 0 Å². The quantitative estimate of drug-likeness (QED) is 0.778. The standard InChI is InChI=1S/C19H22N4O5/c1-4-13-19(25)23(18-15(28-13)7-8-16(20)22-18)10-17(24)21-12-9-11(26-2)5-6-14(12)27-3/h5-9,13H,4,10H2,1-3H3,(H2,20,22)(H,21,24). The van der Waals surface area contributed by atoms with Crippen LogP contribution in [0.25, 0.3) is 0 Å². The average molecular weight is 386 g/mol. The van der Waals surface area contributed by atoms with Crippen molar-refractivity contribution in [1.29, 1.82) is 0 Å². The number of nitrogens with one attached hydrogen (secondary N) is 1. The number of ether oxygens (including phenoxy) is 3. The van der Waals surface area contributed by atoms with Gasteiger partial charge < -0.3 is 25.3 Å². The fourth-order valence-corrected chi connectivity index (χ4v) is 2.87. The summed E-state index contributed by atoms with van der Waals surface area (Å²) in [5, 5.41) is 2.74. The number of carbonyl (C=O) groups is 2. The van der Waals surface area contributed by atoms with Gasteiger partial charge in [-0.1, -0.05) is 6.92 Å². The summed E-state index contributed by atoms with van der Waals surface area (Å²) < 4.78 is 16.1. The van der Waals surface area contributed by atoms with Crippen molar-refractivity contribution in [3.8, 4) is 17.2 Å². The number of nitrogen functional groups attached to an aromatic ring is 1. The lowest BCUT2D eigenvalue weighted by atomic mass is 10.2. The summed E-state index contributed by atoms with van der Waals surface area (Å²) in [7, 11) is 3.02. The SMILES string of the molecule is CCC1Oc2ccc(N)nc2N(CC(=O)Nc2cc(OC)ccc2OC)C1=O. The van der Waals surface area contributed by atoms with Gasteiger partial charge in [-0.05, 0) is 30.7 Å². The monoisotopic (exact) mass is 386 g/mol. The highest BCUT2D eigenvalue weighted by Gasteiger charge is 2.35. The van der Waals surface area contributed by atoms with Crippen molar-refractivity contribution in [3.05, 3.63) is 30.3 Å². The van der Waals surface area contributed by atoms with Crippen LogP contribution in [0.3, 0.4) is 0 Å². The Balaban J connectivity index is 1.85. The van der Waals surface area contributed by atoms with Gasteiger partial charge in [0.15, 0.2) is 17.7 Å². The van der Waals surface area contributed by atoms with Gasteiger partial charge in [-0.25, -0.2) is 4.98 Å². The van der Waals surface area contributed by atoms with Crippen LogP contribution in [0.2, 0.25) is 0 Å². The smallest absolute Gasteiger partial charge is 0.269 e. The van der Waals surface area contributed by atoms with Crippen LogP contribution < -0.4 is 30.2 Å². The number of anilines is 3. The zero-order valence-electron chi connectivity index (χ0n) is 15.9. The van der Waals surface area contributed by atoms with Crippen molar-refractivity contribution < 1.29 is 23.8 Å². The van der Waals surface area contributed by atoms with Crippen molar-refractivity contribution in [2.45, 2.75) is 19.4 Å². The van der Waals surface area contributed by atoms with E-state index < -0.39 is 12.0 Å². The fourth-order valence-electron chi connectivity index (χ4n) is 2.87. The Morgan fingerprint density at radius 3 is 2.75 bits per heavy atom. The molecular formula is C19H22N4O5. The van der Waals surface area contributed by atoms with Crippen LogP contribution in [0.5, 0.6) is 17.2 Å². The van der Waals surface area contributed by atoms with E-state index in [4.69, 9.17) is 19.9 Å². The number of benzene rings is 1. The molecule has 1 aliphatic rings. The van der Waals surface area contributed by atoms with Crippen molar-refractivity contribution in [3.63, 3.8) is 0 Å². The predicted octanol–water partition coefficient (Wildman–Crippen LogP) is 1.82. The number of rotatable bonds is 6. The molecule has 28 heavy (non-hydrogen) atoms. The molecule has 0 bridgehead atoms. The van der Waals surface area contributed by atoms with E-state index in [-0.39, 0.29) is 24.1 Å². The molecule has 3 N–H and O–H groups in total. The van der Waals surface area contributed by atoms with Gasteiger partial charge in [0.25, 0.3) is 5.91 Å². The van der Waals surface area contributed by atoms with Crippen molar-refractivity contribution in [2.75, 3.05) is 36.7 Å². The molecule has 9 nitrogen and oxygen atoms in total. The maximum atomic E-state index is 12.7. The highest BCUT2D eigenvalue weighted by molar-refractivity contribution is 6.06. The zero-order chi connectivity index (χ0) is 20.3. The van der Waals surface area contributed by atoms with E-state index in [1.807, 2.05) is 6.92 Å². The molecule has 3 rings (SSSR count). The zero-order valence-corrected chi connectivity index (χ0v) is 15.9. The number of nitrogens with zero attached hydrogens (tertiary/aromatic N) is 2. The number of fused-ring (bicyclic) bond motifs is 1. The van der Waals surface area contributed by atoms with E-state index in [2.05, 4.69) is 10.3 Å². The summed E-state index contributed by atoms with van der Waals surface area (Å²) in [6.07, 6.45) is -0.220. The van der Waals surface area contributed by atoms with Gasteiger partial charge in [-0.3, -0.25) is 14.5 Å². The Kier molecular flexibility index (Phi) is 5.53. The molecule has 2 amide bonds. The second-order valence-electron chi connectivity index (χ2n) is 6.11. The summed E-state index contributed by atoms with van der Waals surface area (Å²) >= 11 is 0. The number of methoxy groups -OCH3 is 2. The minimum absolute atomic E-state index is 0.224. The normalized spacial score (nSPS) is 15.5. The molecule has 0 saturated carbocycles. The van der Waals surface area contributed by atoms with Gasteiger partial charge in [-0.15, -0.1) is 0 Å². The minimum atomic E-state index is -0.683. The van der Waals surface area contributed by atoms with Crippen LogP contribution in [0, 0.1) is 0 Å². The van der Waals surface area contributed by atoms with Crippen LogP contribution >= 0.6 is 0 Å². The van der Waals surface area contributed by atoms with Crippen molar-refractivity contribution in [2.24, 2.45) is 0 Å². The number of nitrogens with two attached hydrogens (primary N) is 1. The fraction of sp³-hybridized carbons (Fsp3) is 0.316. The van der Waals surface area contributed by atoms with Gasteiger partial charge in [0.05, 0.1) is 19.9 Å². The van der Waals surface area contributed by atoms with E-state index in [1.165, 1.54) is 19.1 Å². The molecular weight excluding hydrogens is 364 g/mol. The first-order valence-electron chi connectivity index (χ1n) is 8.73. The molecule has 0 aliphatic carbocycles. The molecule has 9 heteroatoms. The summed E-state index contributed by atoms with van der Waals surface area (Å²) in [6, 6.07) is 8.26. The van der Waals surface area contributed by atoms with Crippen LogP contribution in [-0.4, -0.2) is 43.7 Å². The third-order valence-corrected chi connectivity index (χ3v) is 4.28. The molecule has 1 atom stereocenters. The number of hydrogen-bond acceptors (Lipinski definition) is 7. The number of hydrogen-bond donors (Lipinski definition) is 2. The van der Waals surface area contributed by atoms with Crippen LogP contribution in [0.15, 0.2) is 30.3 Å². The maximum Gasteiger partial charge on any atom is 0.269 e. The summed E-state index contributed by atoms with van der Waals surface area (Å²) in [4.78, 5) is 30.9. The highest BCUT2D eigenvalue weighted by atomic mass is 16.5. The summed E-state index contributed by atoms with van der Waals surface area (Å²) in [5.41, 5.74) is 6.18. The number of aromatic nitrogens is 1. The van der Waals surface area contributed by atoms with Crippen molar-refractivity contribution in [1.82, 2.24) is 4.98 Å². The first-order valence-corrected chi connectivity index (χ1v) is 8.73. The third-order valence-electron chi connectivity index (χ3n) is 4.28. The van der Waals surface area contributed by atoms with Crippen LogP contribution in [-0.2, 0) is 9.59 Å². The Hall–Kier alpha value is -3.49. The molecule has 1 unspecified atom stereocenters. The Morgan fingerprint density at radius 1 is 1.29 bits per heavy atom. The number of pyridine rings is 1. The molecule has 0 fully saturated rings. The lowest BCUT2D eigenvalue weighted by Gasteiger charge is -2.32. The van der Waals surface area contributed by atoms with Gasteiger partial charge >= 0.3 is 0 Å². The number of amides is 2. The topological polar surface area (TPSA) is 116 Å². The summed E-state index contributed by atoms with van der Waals surface area (Å²) in [5.74, 6) is 1.12.